The Kier molecular flexibility index (Phi) is 2.96. The maximum absolute atomic E-state index is 11.7. The van der Waals surface area contributed by atoms with E-state index in [-0.39, 0.29) is 18.9 Å². The number of aliphatic carboxylic acids is 1. The third-order valence-corrected chi connectivity index (χ3v) is 3.27. The van der Waals surface area contributed by atoms with Crippen molar-refractivity contribution in [1.29, 1.82) is 0 Å². The van der Waals surface area contributed by atoms with Gasteiger partial charge in [0.05, 0.1) is 5.69 Å². The van der Waals surface area contributed by atoms with Crippen LogP contribution in [0.3, 0.4) is 0 Å². The first-order valence-electron chi connectivity index (χ1n) is 4.85. The van der Waals surface area contributed by atoms with Crippen molar-refractivity contribution in [3.63, 3.8) is 0 Å². The third-order valence-electron chi connectivity index (χ3n) is 2.60. The molecule has 4 nitrogen and oxygen atoms in total. The second-order valence-corrected chi connectivity index (χ2v) is 4.53. The highest BCUT2D eigenvalue weighted by Gasteiger charge is 2.31. The van der Waals surface area contributed by atoms with Gasteiger partial charge in [0.15, 0.2) is 0 Å². The summed E-state index contributed by atoms with van der Waals surface area (Å²) >= 11 is 3.33. The number of carbonyl (C=O) groups excluding carboxylic acids is 2. The van der Waals surface area contributed by atoms with E-state index < -0.39 is 11.9 Å². The Labute approximate surface area is 101 Å². The quantitative estimate of drug-likeness (QED) is 0.796. The zero-order valence-electron chi connectivity index (χ0n) is 8.35. The van der Waals surface area contributed by atoms with Crippen LogP contribution in [0.4, 0.5) is 5.69 Å². The minimum atomic E-state index is -1.16. The number of nitrogens with zero attached hydrogens (tertiary/aromatic N) is 1. The van der Waals surface area contributed by atoms with E-state index in [0.29, 0.717) is 5.69 Å². The molecule has 0 aliphatic carbocycles. The van der Waals surface area contributed by atoms with Crippen molar-refractivity contribution >= 4 is 33.5 Å². The smallest absolute Gasteiger partial charge is 0.227 e. The Morgan fingerprint density at radius 2 is 2.12 bits per heavy atom. The number of halogens is 1. The predicted octanol–water partition coefficient (Wildman–Crippen LogP) is 0.552. The van der Waals surface area contributed by atoms with Gasteiger partial charge in [0.2, 0.25) is 5.91 Å². The van der Waals surface area contributed by atoms with Crippen molar-refractivity contribution in [3.05, 3.63) is 28.7 Å². The molecule has 0 unspecified atom stereocenters. The molecule has 1 atom stereocenters. The number of benzene rings is 1. The first-order valence-corrected chi connectivity index (χ1v) is 5.64. The molecule has 0 spiro atoms. The predicted molar refractivity (Wildman–Crippen MR) is 59.6 cm³/mol. The summed E-state index contributed by atoms with van der Waals surface area (Å²) in [6, 6.07) is 7.23. The number of anilines is 1. The lowest BCUT2D eigenvalue weighted by atomic mass is 10.1. The first kappa shape index (κ1) is 11.1. The van der Waals surface area contributed by atoms with Crippen LogP contribution in [0.15, 0.2) is 28.7 Å². The fraction of sp³-hybridized carbons (Fsp3) is 0.273. The lowest BCUT2D eigenvalue weighted by Crippen LogP contribution is -2.33. The van der Waals surface area contributed by atoms with Crippen molar-refractivity contribution in [2.45, 2.75) is 6.42 Å². The van der Waals surface area contributed by atoms with E-state index in [0.717, 1.165) is 4.47 Å². The Bertz CT molecular complexity index is 447. The number of rotatable bonds is 2. The molecule has 1 aliphatic heterocycles. The van der Waals surface area contributed by atoms with Crippen LogP contribution in [0.25, 0.3) is 0 Å². The second-order valence-electron chi connectivity index (χ2n) is 3.68. The molecule has 5 heteroatoms. The molecular formula is C11H9BrNO3-. The van der Waals surface area contributed by atoms with Crippen LogP contribution in [-0.4, -0.2) is 18.4 Å². The normalized spacial score (nSPS) is 20.2. The lowest BCUT2D eigenvalue weighted by Gasteiger charge is -2.18. The highest BCUT2D eigenvalue weighted by atomic mass is 79.9. The van der Waals surface area contributed by atoms with Gasteiger partial charge in [-0.25, -0.2) is 0 Å². The minimum absolute atomic E-state index is 0.0175. The average Bonchev–Trinajstić information content (AvgIpc) is 2.61. The Balaban J connectivity index is 2.27. The largest absolute Gasteiger partial charge is 0.550 e. The molecule has 0 N–H and O–H groups in total. The monoisotopic (exact) mass is 282 g/mol. The summed E-state index contributed by atoms with van der Waals surface area (Å²) in [5.74, 6) is -2.05. The molecule has 1 aliphatic rings. The minimum Gasteiger partial charge on any atom is -0.550 e. The van der Waals surface area contributed by atoms with E-state index in [4.69, 9.17) is 0 Å². The van der Waals surface area contributed by atoms with Crippen molar-refractivity contribution in [2.24, 2.45) is 5.92 Å². The number of carbonyl (C=O) groups is 2. The number of amides is 1. The van der Waals surface area contributed by atoms with E-state index >= 15 is 0 Å². The first-order chi connectivity index (χ1) is 7.59. The van der Waals surface area contributed by atoms with Crippen LogP contribution in [-0.2, 0) is 9.59 Å². The molecule has 0 saturated carbocycles. The molecule has 0 radical (unpaired) electrons. The van der Waals surface area contributed by atoms with Crippen molar-refractivity contribution in [1.82, 2.24) is 0 Å². The zero-order valence-corrected chi connectivity index (χ0v) is 9.94. The number of carboxylic acids is 1. The maximum atomic E-state index is 11.7. The van der Waals surface area contributed by atoms with Gasteiger partial charge in [0.1, 0.15) is 0 Å². The number of hydrogen-bond donors (Lipinski definition) is 0. The summed E-state index contributed by atoms with van der Waals surface area (Å²) in [7, 11) is 0. The molecule has 16 heavy (non-hydrogen) atoms. The van der Waals surface area contributed by atoms with Crippen molar-refractivity contribution in [2.75, 3.05) is 11.4 Å². The van der Waals surface area contributed by atoms with Crippen LogP contribution in [0.5, 0.6) is 0 Å². The molecule has 0 aromatic heterocycles. The average molecular weight is 283 g/mol. The van der Waals surface area contributed by atoms with E-state index in [1.165, 1.54) is 4.90 Å². The molecule has 1 saturated heterocycles. The van der Waals surface area contributed by atoms with Gasteiger partial charge in [-0.15, -0.1) is 0 Å². The molecule has 1 heterocycles. The summed E-state index contributed by atoms with van der Waals surface area (Å²) in [5.41, 5.74) is 0.705. The third kappa shape index (κ3) is 1.95. The summed E-state index contributed by atoms with van der Waals surface area (Å²) in [5, 5.41) is 10.7. The molecule has 0 bridgehead atoms. The summed E-state index contributed by atoms with van der Waals surface area (Å²) < 4.78 is 0.780. The number of carboxylic acid groups (broad SMARTS) is 1. The van der Waals surface area contributed by atoms with Crippen LogP contribution < -0.4 is 10.0 Å². The van der Waals surface area contributed by atoms with Crippen molar-refractivity contribution in [3.8, 4) is 0 Å². The highest BCUT2D eigenvalue weighted by molar-refractivity contribution is 9.10. The number of hydrogen-bond acceptors (Lipinski definition) is 3. The molecule has 2 rings (SSSR count). The highest BCUT2D eigenvalue weighted by Crippen LogP contribution is 2.30. The fourth-order valence-corrected chi connectivity index (χ4v) is 2.27. The van der Waals surface area contributed by atoms with Gasteiger partial charge >= 0.3 is 0 Å². The van der Waals surface area contributed by atoms with Gasteiger partial charge in [-0.05, 0) is 28.1 Å². The van der Waals surface area contributed by atoms with E-state index in [9.17, 15) is 14.7 Å². The van der Waals surface area contributed by atoms with Gasteiger partial charge in [-0.2, -0.15) is 0 Å². The molecule has 1 amide bonds. The summed E-state index contributed by atoms with van der Waals surface area (Å²) in [6.07, 6.45) is 0.0175. The SMILES string of the molecule is O=C([O-])[C@@H]1CC(=O)N(c2ccccc2Br)C1. The maximum Gasteiger partial charge on any atom is 0.227 e. The van der Waals surface area contributed by atoms with Gasteiger partial charge < -0.3 is 14.8 Å². The van der Waals surface area contributed by atoms with Gasteiger partial charge in [0.25, 0.3) is 0 Å². The van der Waals surface area contributed by atoms with E-state index in [2.05, 4.69) is 15.9 Å². The lowest BCUT2D eigenvalue weighted by molar-refractivity contribution is -0.310. The van der Waals surface area contributed by atoms with Crippen LogP contribution in [0.2, 0.25) is 0 Å². The molecular weight excluding hydrogens is 274 g/mol. The zero-order chi connectivity index (χ0) is 11.7. The topological polar surface area (TPSA) is 60.4 Å². The molecule has 84 valence electrons. The summed E-state index contributed by atoms with van der Waals surface area (Å²) in [4.78, 5) is 23.8. The van der Waals surface area contributed by atoms with Crippen LogP contribution in [0.1, 0.15) is 6.42 Å². The molecule has 1 aromatic rings. The van der Waals surface area contributed by atoms with E-state index in [1.54, 1.807) is 12.1 Å². The Hall–Kier alpha value is -1.36. The Morgan fingerprint density at radius 1 is 1.44 bits per heavy atom. The summed E-state index contributed by atoms with van der Waals surface area (Å²) in [6.45, 7) is 0.184. The van der Waals surface area contributed by atoms with E-state index in [1.807, 2.05) is 12.1 Å². The molecule has 1 aromatic carbocycles. The second kappa shape index (κ2) is 4.25. The van der Waals surface area contributed by atoms with Crippen LogP contribution >= 0.6 is 15.9 Å². The van der Waals surface area contributed by atoms with Gasteiger partial charge in [0, 0.05) is 29.3 Å². The fourth-order valence-electron chi connectivity index (χ4n) is 1.77. The number of para-hydroxylation sites is 1. The molecule has 1 fully saturated rings. The van der Waals surface area contributed by atoms with Gasteiger partial charge in [-0.3, -0.25) is 4.79 Å². The van der Waals surface area contributed by atoms with Crippen LogP contribution in [0, 0.1) is 5.92 Å². The Morgan fingerprint density at radius 3 is 2.69 bits per heavy atom. The van der Waals surface area contributed by atoms with Gasteiger partial charge in [-0.1, -0.05) is 12.1 Å². The standard InChI is InChI=1S/C11H10BrNO3/c12-8-3-1-2-4-9(8)13-6-7(11(15)16)5-10(13)14/h1-4,7H,5-6H2,(H,15,16)/p-1/t7-/m1/s1. The van der Waals surface area contributed by atoms with Crippen molar-refractivity contribution < 1.29 is 14.7 Å².